The van der Waals surface area contributed by atoms with Gasteiger partial charge in [-0.25, -0.2) is 4.79 Å². The zero-order chi connectivity index (χ0) is 22.6. The number of anilines is 1. The van der Waals surface area contributed by atoms with E-state index in [1.54, 1.807) is 19.9 Å². The molecule has 0 saturated heterocycles. The smallest absolute Gasteiger partial charge is 0.469 e. The van der Waals surface area contributed by atoms with Crippen LogP contribution in [0, 0.1) is 6.92 Å². The number of amides is 1. The number of hydrogen-bond acceptors (Lipinski definition) is 5. The number of benzene rings is 1. The number of rotatable bonds is 7. The monoisotopic (exact) mass is 427 g/mol. The van der Waals surface area contributed by atoms with Gasteiger partial charge in [0.25, 0.3) is 0 Å². The molecule has 1 amide bonds. The van der Waals surface area contributed by atoms with Gasteiger partial charge in [-0.2, -0.15) is 13.2 Å². The van der Waals surface area contributed by atoms with E-state index in [-0.39, 0.29) is 36.7 Å². The normalized spacial score (nSPS) is 13.7. The Balaban J connectivity index is 2.52. The Bertz CT molecular complexity index is 903. The first kappa shape index (κ1) is 23.4. The summed E-state index contributed by atoms with van der Waals surface area (Å²) in [6.07, 6.45) is -2.06. The van der Waals surface area contributed by atoms with Crippen molar-refractivity contribution in [1.29, 1.82) is 0 Å². The van der Waals surface area contributed by atoms with Gasteiger partial charge in [-0.3, -0.25) is 9.59 Å². The topological polar surface area (TPSA) is 81.7 Å². The largest absolute Gasteiger partial charge is 0.471 e. The van der Waals surface area contributed by atoms with Crippen LogP contribution >= 0.6 is 0 Å². The molecule has 1 aliphatic rings. The fourth-order valence-corrected chi connectivity index (χ4v) is 3.47. The third kappa shape index (κ3) is 5.01. The zero-order valence-corrected chi connectivity index (χ0v) is 17.3. The van der Waals surface area contributed by atoms with E-state index in [2.05, 4.69) is 4.74 Å². The Hall–Kier alpha value is -2.84. The maximum atomic E-state index is 12.9. The molecule has 9 heteroatoms. The first-order valence-electron chi connectivity index (χ1n) is 9.46. The van der Waals surface area contributed by atoms with Crippen molar-refractivity contribution in [3.63, 3.8) is 0 Å². The lowest BCUT2D eigenvalue weighted by Gasteiger charge is -2.20. The van der Waals surface area contributed by atoms with Gasteiger partial charge in [-0.05, 0) is 49.8 Å². The molecule has 164 valence electrons. The van der Waals surface area contributed by atoms with Gasteiger partial charge in [-0.1, -0.05) is 18.6 Å². The van der Waals surface area contributed by atoms with E-state index in [1.165, 1.54) is 7.11 Å². The van der Waals surface area contributed by atoms with Gasteiger partial charge in [0.2, 0.25) is 0 Å². The molecule has 0 spiro atoms. The van der Waals surface area contributed by atoms with Crippen LogP contribution in [0.2, 0.25) is 0 Å². The van der Waals surface area contributed by atoms with Crippen molar-refractivity contribution >= 4 is 23.5 Å². The number of cyclic esters (lactones) is 1. The number of esters is 2. The molecular weight excluding hydrogens is 403 g/mol. The molecule has 1 aromatic carbocycles. The molecule has 1 aromatic rings. The number of allylic oxidation sites excluding steroid dienone is 2. The second-order valence-corrected chi connectivity index (χ2v) is 7.02. The van der Waals surface area contributed by atoms with Crippen molar-refractivity contribution in [2.45, 2.75) is 59.2 Å². The van der Waals surface area contributed by atoms with Gasteiger partial charge >= 0.3 is 24.0 Å². The predicted octanol–water partition coefficient (Wildman–Crippen LogP) is 4.17. The number of carbonyl (C=O) groups excluding carboxylic acids is 3. The number of ether oxygens (including phenoxy) is 2. The summed E-state index contributed by atoms with van der Waals surface area (Å²) in [6, 6.07) is 0. The minimum absolute atomic E-state index is 0.0297. The van der Waals surface area contributed by atoms with Crippen molar-refractivity contribution in [2.24, 2.45) is 0 Å². The highest BCUT2D eigenvalue weighted by Gasteiger charge is 2.41. The van der Waals surface area contributed by atoms with Crippen LogP contribution in [0.4, 0.5) is 18.9 Å². The van der Waals surface area contributed by atoms with Crippen LogP contribution in [0.25, 0.3) is 0 Å². The van der Waals surface area contributed by atoms with E-state index < -0.39 is 18.1 Å². The van der Waals surface area contributed by atoms with Gasteiger partial charge in [0, 0.05) is 12.0 Å². The molecule has 0 radical (unpaired) electrons. The fourth-order valence-electron chi connectivity index (χ4n) is 3.47. The van der Waals surface area contributed by atoms with E-state index in [4.69, 9.17) is 4.74 Å². The van der Waals surface area contributed by atoms with E-state index in [9.17, 15) is 27.6 Å². The minimum atomic E-state index is -5.10. The van der Waals surface area contributed by atoms with E-state index in [0.29, 0.717) is 24.0 Å². The Labute approximate surface area is 172 Å². The maximum Gasteiger partial charge on any atom is 0.471 e. The highest BCUT2D eigenvalue weighted by molar-refractivity contribution is 6.06. The Morgan fingerprint density at radius 1 is 1.23 bits per heavy atom. The van der Waals surface area contributed by atoms with Crippen LogP contribution in [0.15, 0.2) is 11.6 Å². The molecular formula is C21H24F3NO5. The summed E-state index contributed by atoms with van der Waals surface area (Å²) in [4.78, 5) is 35.2. The van der Waals surface area contributed by atoms with Crippen LogP contribution in [0.5, 0.6) is 0 Å². The number of hydrogen-bond donors (Lipinski definition) is 1. The van der Waals surface area contributed by atoms with Gasteiger partial charge in [0.15, 0.2) is 0 Å². The second-order valence-electron chi connectivity index (χ2n) is 7.02. The molecule has 0 aliphatic carbocycles. The van der Waals surface area contributed by atoms with E-state index in [1.807, 2.05) is 12.2 Å². The number of carbonyl (C=O) groups is 3. The Morgan fingerprint density at radius 3 is 2.47 bits per heavy atom. The first-order valence-corrected chi connectivity index (χ1v) is 9.46. The first-order chi connectivity index (χ1) is 14.0. The van der Waals surface area contributed by atoms with Crippen LogP contribution < -0.4 is 5.32 Å². The lowest BCUT2D eigenvalue weighted by molar-refractivity contribution is -0.167. The van der Waals surface area contributed by atoms with Crippen LogP contribution in [-0.4, -0.2) is 31.1 Å². The molecule has 0 bridgehead atoms. The van der Waals surface area contributed by atoms with Gasteiger partial charge < -0.3 is 14.8 Å². The van der Waals surface area contributed by atoms with Gasteiger partial charge in [-0.15, -0.1) is 0 Å². The fraction of sp³-hybridized carbons (Fsp3) is 0.476. The summed E-state index contributed by atoms with van der Waals surface area (Å²) in [5, 5.41) is 1.90. The summed E-state index contributed by atoms with van der Waals surface area (Å²) >= 11 is 0. The van der Waals surface area contributed by atoms with Crippen molar-refractivity contribution in [3.8, 4) is 0 Å². The van der Waals surface area contributed by atoms with E-state index >= 15 is 0 Å². The summed E-state index contributed by atoms with van der Waals surface area (Å²) in [5.41, 5.74) is 3.08. The molecule has 1 aliphatic heterocycles. The SMILES string of the molecule is CCc1c(C)c2c(c(NC(=O)C(F)(F)F)c1C/C=C(\C)CCC(=O)OC)C(=O)OC2. The summed E-state index contributed by atoms with van der Waals surface area (Å²) in [7, 11) is 1.29. The molecule has 2 rings (SSSR count). The third-order valence-electron chi connectivity index (χ3n) is 5.13. The van der Waals surface area contributed by atoms with E-state index in [0.717, 1.165) is 16.7 Å². The lowest BCUT2D eigenvalue weighted by atomic mass is 9.88. The Kier molecular flexibility index (Phi) is 7.28. The number of nitrogens with one attached hydrogen (secondary N) is 1. The number of methoxy groups -OCH3 is 1. The number of halogens is 3. The van der Waals surface area contributed by atoms with Crippen LogP contribution in [0.1, 0.15) is 59.3 Å². The van der Waals surface area contributed by atoms with Crippen LogP contribution in [-0.2, 0) is 38.5 Å². The number of fused-ring (bicyclic) bond motifs is 1. The molecule has 0 unspecified atom stereocenters. The predicted molar refractivity (Wildman–Crippen MR) is 103 cm³/mol. The average Bonchev–Trinajstić information content (AvgIpc) is 3.07. The standard InChI is InChI=1S/C21H24F3NO5/c1-5-13-12(3)15-10-30-19(27)17(15)18(25-20(28)21(22,23)24)14(13)8-6-11(2)7-9-16(26)29-4/h6H,5,7-10H2,1-4H3,(H,25,28)/b11-6+. The van der Waals surface area contributed by atoms with Gasteiger partial charge in [0.1, 0.15) is 6.61 Å². The van der Waals surface area contributed by atoms with Crippen LogP contribution in [0.3, 0.4) is 0 Å². The van der Waals surface area contributed by atoms with Crippen molar-refractivity contribution in [2.75, 3.05) is 12.4 Å². The highest BCUT2D eigenvalue weighted by atomic mass is 19.4. The van der Waals surface area contributed by atoms with Crippen molar-refractivity contribution in [3.05, 3.63) is 39.5 Å². The summed E-state index contributed by atoms with van der Waals surface area (Å²) in [5.74, 6) is -3.28. The Morgan fingerprint density at radius 2 is 1.90 bits per heavy atom. The molecule has 0 aromatic heterocycles. The van der Waals surface area contributed by atoms with Crippen molar-refractivity contribution in [1.82, 2.24) is 0 Å². The maximum absolute atomic E-state index is 12.9. The molecule has 30 heavy (non-hydrogen) atoms. The third-order valence-corrected chi connectivity index (χ3v) is 5.13. The molecule has 0 atom stereocenters. The molecule has 1 heterocycles. The summed E-state index contributed by atoms with van der Waals surface area (Å²) < 4.78 is 48.4. The highest BCUT2D eigenvalue weighted by Crippen LogP contribution is 2.38. The quantitative estimate of drug-likeness (QED) is 0.522. The lowest BCUT2D eigenvalue weighted by Crippen LogP contribution is -2.31. The molecule has 0 saturated carbocycles. The average molecular weight is 427 g/mol. The second kappa shape index (κ2) is 9.32. The molecule has 6 nitrogen and oxygen atoms in total. The summed E-state index contributed by atoms with van der Waals surface area (Å²) in [6.45, 7) is 5.37. The van der Waals surface area contributed by atoms with Crippen molar-refractivity contribution < 1.29 is 37.0 Å². The molecule has 0 fully saturated rings. The molecule has 1 N–H and O–H groups in total. The minimum Gasteiger partial charge on any atom is -0.469 e. The zero-order valence-electron chi connectivity index (χ0n) is 17.3. The number of alkyl halides is 3. The van der Waals surface area contributed by atoms with Gasteiger partial charge in [0.05, 0.1) is 18.4 Å².